The highest BCUT2D eigenvalue weighted by Crippen LogP contribution is 2.21. The zero-order valence-corrected chi connectivity index (χ0v) is 21.0. The Morgan fingerprint density at radius 2 is 1.71 bits per heavy atom. The first-order valence-electron chi connectivity index (χ1n) is 11.3. The van der Waals surface area contributed by atoms with Crippen LogP contribution in [-0.4, -0.2) is 30.2 Å². The molecular weight excluding hydrogens is 454 g/mol. The van der Waals surface area contributed by atoms with Crippen molar-refractivity contribution in [3.63, 3.8) is 0 Å². The van der Waals surface area contributed by atoms with Crippen LogP contribution in [0.2, 0.25) is 0 Å². The fourth-order valence-corrected chi connectivity index (χ4v) is 4.53. The molecule has 0 saturated heterocycles. The maximum Gasteiger partial charge on any atom is 0.332 e. The molecule has 182 valence electrons. The summed E-state index contributed by atoms with van der Waals surface area (Å²) < 4.78 is 3.75. The number of ketones is 1. The summed E-state index contributed by atoms with van der Waals surface area (Å²) in [5.41, 5.74) is 5.01. The van der Waals surface area contributed by atoms with Crippen LogP contribution in [0.4, 0.5) is 5.82 Å². The molecule has 10 heteroatoms. The van der Waals surface area contributed by atoms with E-state index in [1.807, 2.05) is 13.8 Å². The van der Waals surface area contributed by atoms with Gasteiger partial charge >= 0.3 is 5.69 Å². The standard InChI is InChI=1S/C24H31N5O4S/c1-14(2)10-11-28-21(31)16-8-6-7-9-17(16)26-23(28)34-13-18(30)19-20(25)29(12-15(3)4)24(33)27(5)22(19)32/h6-9,14-15H,10-13,25H2,1-5H3. The Morgan fingerprint density at radius 1 is 1.03 bits per heavy atom. The maximum atomic E-state index is 13.1. The van der Waals surface area contributed by atoms with Crippen LogP contribution in [0.25, 0.3) is 10.9 Å². The van der Waals surface area contributed by atoms with Gasteiger partial charge in [0.25, 0.3) is 11.1 Å². The highest BCUT2D eigenvalue weighted by molar-refractivity contribution is 7.99. The molecule has 0 spiro atoms. The van der Waals surface area contributed by atoms with Gasteiger partial charge in [0.2, 0.25) is 0 Å². The van der Waals surface area contributed by atoms with Crippen molar-refractivity contribution in [2.24, 2.45) is 18.9 Å². The maximum absolute atomic E-state index is 13.1. The van der Waals surface area contributed by atoms with Crippen molar-refractivity contribution >= 4 is 34.3 Å². The molecule has 2 aromatic heterocycles. The van der Waals surface area contributed by atoms with E-state index in [1.54, 1.807) is 28.8 Å². The number of hydrogen-bond acceptors (Lipinski definition) is 7. The molecule has 0 radical (unpaired) electrons. The first-order chi connectivity index (χ1) is 16.0. The highest BCUT2D eigenvalue weighted by Gasteiger charge is 2.23. The number of carbonyl (C=O) groups is 1. The van der Waals surface area contributed by atoms with Crippen LogP contribution < -0.4 is 22.5 Å². The number of nitrogen functional groups attached to an aromatic ring is 1. The molecule has 2 heterocycles. The number of anilines is 1. The fraction of sp³-hybridized carbons (Fsp3) is 0.458. The van der Waals surface area contributed by atoms with Gasteiger partial charge in [-0.2, -0.15) is 0 Å². The second-order valence-corrected chi connectivity index (χ2v) is 10.1. The van der Waals surface area contributed by atoms with Gasteiger partial charge in [-0.1, -0.05) is 51.6 Å². The minimum absolute atomic E-state index is 0.0898. The van der Waals surface area contributed by atoms with Crippen LogP contribution in [0.15, 0.2) is 43.8 Å². The van der Waals surface area contributed by atoms with Crippen molar-refractivity contribution in [2.75, 3.05) is 11.5 Å². The smallest absolute Gasteiger partial charge is 0.332 e. The van der Waals surface area contributed by atoms with E-state index < -0.39 is 17.0 Å². The van der Waals surface area contributed by atoms with E-state index in [0.717, 1.165) is 22.7 Å². The summed E-state index contributed by atoms with van der Waals surface area (Å²) in [6, 6.07) is 7.08. The summed E-state index contributed by atoms with van der Waals surface area (Å²) in [6.45, 7) is 8.72. The molecule has 0 saturated carbocycles. The van der Waals surface area contributed by atoms with Gasteiger partial charge in [-0.05, 0) is 30.4 Å². The molecule has 1 aromatic carbocycles. The predicted octanol–water partition coefficient (Wildman–Crippen LogP) is 2.52. The van der Waals surface area contributed by atoms with Crippen LogP contribution in [0.5, 0.6) is 0 Å². The lowest BCUT2D eigenvalue weighted by atomic mass is 10.1. The summed E-state index contributed by atoms with van der Waals surface area (Å²) >= 11 is 1.09. The van der Waals surface area contributed by atoms with Gasteiger partial charge in [-0.25, -0.2) is 9.78 Å². The highest BCUT2D eigenvalue weighted by atomic mass is 32.2. The van der Waals surface area contributed by atoms with Gasteiger partial charge < -0.3 is 5.73 Å². The summed E-state index contributed by atoms with van der Waals surface area (Å²) in [7, 11) is 1.33. The van der Waals surface area contributed by atoms with Gasteiger partial charge in [0, 0.05) is 20.1 Å². The molecule has 0 unspecified atom stereocenters. The lowest BCUT2D eigenvalue weighted by Gasteiger charge is -2.16. The first kappa shape index (κ1) is 25.5. The SMILES string of the molecule is CC(C)CCn1c(SCC(=O)c2c(N)n(CC(C)C)c(=O)n(C)c2=O)nc2ccccc2c1=O. The summed E-state index contributed by atoms with van der Waals surface area (Å²) in [5, 5.41) is 0.921. The molecule has 9 nitrogen and oxygen atoms in total. The molecule has 0 bridgehead atoms. The lowest BCUT2D eigenvalue weighted by Crippen LogP contribution is -2.43. The molecule has 34 heavy (non-hydrogen) atoms. The molecule has 0 aliphatic heterocycles. The Labute approximate surface area is 201 Å². The predicted molar refractivity (Wildman–Crippen MR) is 136 cm³/mol. The van der Waals surface area contributed by atoms with Crippen LogP contribution in [0, 0.1) is 11.8 Å². The average Bonchev–Trinajstić information content (AvgIpc) is 2.78. The summed E-state index contributed by atoms with van der Waals surface area (Å²) in [5.74, 6) is -0.324. The van der Waals surface area contributed by atoms with E-state index in [2.05, 4.69) is 18.8 Å². The van der Waals surface area contributed by atoms with Crippen molar-refractivity contribution in [1.29, 1.82) is 0 Å². The molecular formula is C24H31N5O4S. The number of nitrogens with zero attached hydrogens (tertiary/aromatic N) is 4. The van der Waals surface area contributed by atoms with Crippen molar-refractivity contribution in [3.8, 4) is 0 Å². The van der Waals surface area contributed by atoms with Gasteiger partial charge in [0.15, 0.2) is 10.9 Å². The normalized spacial score (nSPS) is 11.6. The third-order valence-corrected chi connectivity index (χ3v) is 6.48. The molecule has 0 fully saturated rings. The molecule has 3 rings (SSSR count). The molecule has 0 aliphatic carbocycles. The number of fused-ring (bicyclic) bond motifs is 1. The number of para-hydroxylation sites is 1. The third kappa shape index (κ3) is 5.16. The Balaban J connectivity index is 2.01. The van der Waals surface area contributed by atoms with E-state index in [4.69, 9.17) is 5.73 Å². The van der Waals surface area contributed by atoms with Crippen molar-refractivity contribution in [1.82, 2.24) is 18.7 Å². The molecule has 0 aliphatic rings. The number of benzene rings is 1. The molecule has 0 atom stereocenters. The largest absolute Gasteiger partial charge is 0.384 e. The van der Waals surface area contributed by atoms with Crippen molar-refractivity contribution in [3.05, 3.63) is 61.0 Å². The molecule has 0 amide bonds. The average molecular weight is 486 g/mol. The van der Waals surface area contributed by atoms with Crippen molar-refractivity contribution < 1.29 is 4.79 Å². The number of thioether (sulfide) groups is 1. The zero-order chi connectivity index (χ0) is 25.2. The van der Waals surface area contributed by atoms with Crippen LogP contribution in [0.1, 0.15) is 44.5 Å². The van der Waals surface area contributed by atoms with E-state index in [9.17, 15) is 19.2 Å². The molecule has 3 aromatic rings. The Morgan fingerprint density at radius 3 is 2.35 bits per heavy atom. The van der Waals surface area contributed by atoms with Crippen LogP contribution in [-0.2, 0) is 20.1 Å². The van der Waals surface area contributed by atoms with Crippen molar-refractivity contribution in [2.45, 2.75) is 52.4 Å². The first-order valence-corrected chi connectivity index (χ1v) is 12.3. The Bertz CT molecular complexity index is 1400. The van der Waals surface area contributed by atoms with E-state index in [-0.39, 0.29) is 35.2 Å². The minimum Gasteiger partial charge on any atom is -0.384 e. The van der Waals surface area contributed by atoms with Gasteiger partial charge in [-0.15, -0.1) is 0 Å². The number of rotatable bonds is 9. The summed E-state index contributed by atoms with van der Waals surface area (Å²) in [4.78, 5) is 56.1. The van der Waals surface area contributed by atoms with E-state index >= 15 is 0 Å². The summed E-state index contributed by atoms with van der Waals surface area (Å²) in [6.07, 6.45) is 0.773. The Kier molecular flexibility index (Phi) is 7.81. The minimum atomic E-state index is -0.725. The van der Waals surface area contributed by atoms with Crippen LogP contribution in [0.3, 0.4) is 0 Å². The van der Waals surface area contributed by atoms with Gasteiger partial charge in [0.1, 0.15) is 11.4 Å². The number of carbonyl (C=O) groups excluding carboxylic acids is 1. The monoisotopic (exact) mass is 485 g/mol. The van der Waals surface area contributed by atoms with Gasteiger partial charge in [-0.3, -0.25) is 28.1 Å². The quantitative estimate of drug-likeness (QED) is 0.281. The van der Waals surface area contributed by atoms with E-state index in [1.165, 1.54) is 11.6 Å². The second kappa shape index (κ2) is 10.4. The lowest BCUT2D eigenvalue weighted by molar-refractivity contribution is 0.102. The Hall–Kier alpha value is -3.14. The van der Waals surface area contributed by atoms with Crippen LogP contribution >= 0.6 is 11.8 Å². The second-order valence-electron chi connectivity index (χ2n) is 9.17. The number of nitrogens with two attached hydrogens (primary N) is 1. The third-order valence-electron chi connectivity index (χ3n) is 5.50. The zero-order valence-electron chi connectivity index (χ0n) is 20.2. The molecule has 2 N–H and O–H groups in total. The fourth-order valence-electron chi connectivity index (χ4n) is 3.63. The van der Waals surface area contributed by atoms with E-state index in [0.29, 0.717) is 28.5 Å². The number of aromatic nitrogens is 4. The number of hydrogen-bond donors (Lipinski definition) is 1. The number of Topliss-reactive ketones (excluding diaryl/α,β-unsaturated/α-hetero) is 1. The van der Waals surface area contributed by atoms with Gasteiger partial charge in [0.05, 0.1) is 16.7 Å². The topological polar surface area (TPSA) is 122 Å².